The van der Waals surface area contributed by atoms with E-state index in [0.717, 1.165) is 50.3 Å². The molecule has 3 heteroatoms. The number of aromatic hydroxyl groups is 1. The van der Waals surface area contributed by atoms with Crippen molar-refractivity contribution < 1.29 is 9.84 Å². The number of hydrogen-bond acceptors (Lipinski definition) is 3. The highest BCUT2D eigenvalue weighted by Gasteiger charge is 2.17. The van der Waals surface area contributed by atoms with Gasteiger partial charge in [-0.1, -0.05) is 30.3 Å². The van der Waals surface area contributed by atoms with Gasteiger partial charge in [0.2, 0.25) is 0 Å². The van der Waals surface area contributed by atoms with Crippen molar-refractivity contribution in [1.29, 1.82) is 0 Å². The van der Waals surface area contributed by atoms with Crippen molar-refractivity contribution in [2.24, 2.45) is 0 Å². The Bertz CT molecular complexity index is 596. The fourth-order valence-electron chi connectivity index (χ4n) is 2.82. The quantitative estimate of drug-likeness (QED) is 0.829. The predicted molar refractivity (Wildman–Crippen MR) is 83.8 cm³/mol. The molecule has 0 aliphatic carbocycles. The first kappa shape index (κ1) is 14.0. The maximum atomic E-state index is 10.1. The van der Waals surface area contributed by atoms with Gasteiger partial charge in [0.25, 0.3) is 0 Å². The fourth-order valence-corrected chi connectivity index (χ4v) is 2.82. The molecule has 3 rings (SSSR count). The molecule has 21 heavy (non-hydrogen) atoms. The van der Waals surface area contributed by atoms with Crippen LogP contribution in [0, 0.1) is 0 Å². The lowest BCUT2D eigenvalue weighted by molar-refractivity contribution is 0.286. The van der Waals surface area contributed by atoms with Crippen molar-refractivity contribution in [2.75, 3.05) is 13.2 Å². The Balaban J connectivity index is 1.60. The number of fused-ring (bicyclic) bond motifs is 1. The summed E-state index contributed by atoms with van der Waals surface area (Å²) in [5, 5.41) is 13.5. The lowest BCUT2D eigenvalue weighted by Gasteiger charge is -2.21. The summed E-state index contributed by atoms with van der Waals surface area (Å²) in [6.07, 6.45) is 2.85. The van der Waals surface area contributed by atoms with Gasteiger partial charge < -0.3 is 15.2 Å². The van der Waals surface area contributed by atoms with Crippen LogP contribution in [0.4, 0.5) is 0 Å². The average molecular weight is 283 g/mol. The molecule has 0 bridgehead atoms. The van der Waals surface area contributed by atoms with Gasteiger partial charge in [0.05, 0.1) is 6.61 Å². The Morgan fingerprint density at radius 3 is 2.81 bits per heavy atom. The summed E-state index contributed by atoms with van der Waals surface area (Å²) in [4.78, 5) is 0. The number of rotatable bonds is 5. The normalized spacial score (nSPS) is 13.5. The first-order chi connectivity index (χ1) is 10.3. The third-order valence-corrected chi connectivity index (χ3v) is 3.92. The fraction of sp³-hybridized carbons (Fsp3) is 0.333. The SMILES string of the molecule is Oc1ccc2c(c1CCNCc1ccccc1)CCCO2. The van der Waals surface area contributed by atoms with E-state index in [1.807, 2.05) is 24.3 Å². The second kappa shape index (κ2) is 6.64. The van der Waals surface area contributed by atoms with Crippen LogP contribution in [0.3, 0.4) is 0 Å². The van der Waals surface area contributed by atoms with Crippen molar-refractivity contribution in [3.8, 4) is 11.5 Å². The molecular weight excluding hydrogens is 262 g/mol. The Hall–Kier alpha value is -2.00. The van der Waals surface area contributed by atoms with Crippen molar-refractivity contribution in [3.63, 3.8) is 0 Å². The van der Waals surface area contributed by atoms with E-state index in [4.69, 9.17) is 4.74 Å². The topological polar surface area (TPSA) is 41.5 Å². The minimum Gasteiger partial charge on any atom is -0.508 e. The molecule has 3 nitrogen and oxygen atoms in total. The van der Waals surface area contributed by atoms with E-state index in [2.05, 4.69) is 17.4 Å². The Morgan fingerprint density at radius 1 is 1.10 bits per heavy atom. The molecule has 0 radical (unpaired) electrons. The highest BCUT2D eigenvalue weighted by molar-refractivity contribution is 5.49. The predicted octanol–water partition coefficient (Wildman–Crippen LogP) is 3.05. The van der Waals surface area contributed by atoms with Crippen molar-refractivity contribution >= 4 is 0 Å². The van der Waals surface area contributed by atoms with Gasteiger partial charge in [-0.25, -0.2) is 0 Å². The van der Waals surface area contributed by atoms with Crippen LogP contribution in [0.1, 0.15) is 23.1 Å². The molecule has 0 spiro atoms. The van der Waals surface area contributed by atoms with Gasteiger partial charge >= 0.3 is 0 Å². The molecule has 0 saturated heterocycles. The van der Waals surface area contributed by atoms with E-state index in [9.17, 15) is 5.11 Å². The Morgan fingerprint density at radius 2 is 1.95 bits per heavy atom. The zero-order valence-corrected chi connectivity index (χ0v) is 12.1. The highest BCUT2D eigenvalue weighted by atomic mass is 16.5. The number of hydrogen-bond donors (Lipinski definition) is 2. The second-order valence-electron chi connectivity index (χ2n) is 5.40. The van der Waals surface area contributed by atoms with E-state index < -0.39 is 0 Å². The number of benzene rings is 2. The smallest absolute Gasteiger partial charge is 0.123 e. The van der Waals surface area contributed by atoms with Crippen LogP contribution in [0.25, 0.3) is 0 Å². The molecular formula is C18H21NO2. The summed E-state index contributed by atoms with van der Waals surface area (Å²) >= 11 is 0. The highest BCUT2D eigenvalue weighted by Crippen LogP contribution is 2.33. The minimum absolute atomic E-state index is 0.390. The zero-order chi connectivity index (χ0) is 14.5. The largest absolute Gasteiger partial charge is 0.508 e. The van der Waals surface area contributed by atoms with Gasteiger partial charge in [0.1, 0.15) is 11.5 Å². The molecule has 0 aromatic heterocycles. The lowest BCUT2D eigenvalue weighted by Crippen LogP contribution is -2.18. The van der Waals surface area contributed by atoms with Crippen LogP contribution in [0.5, 0.6) is 11.5 Å². The molecule has 2 aromatic carbocycles. The van der Waals surface area contributed by atoms with Crippen LogP contribution in [-0.4, -0.2) is 18.3 Å². The Kier molecular flexibility index (Phi) is 4.41. The van der Waals surface area contributed by atoms with Gasteiger partial charge in [-0.15, -0.1) is 0 Å². The third kappa shape index (κ3) is 3.37. The summed E-state index contributed by atoms with van der Waals surface area (Å²) < 4.78 is 5.66. The van der Waals surface area contributed by atoms with Crippen LogP contribution in [-0.2, 0) is 19.4 Å². The van der Waals surface area contributed by atoms with E-state index >= 15 is 0 Å². The van der Waals surface area contributed by atoms with Crippen LogP contribution in [0.2, 0.25) is 0 Å². The van der Waals surface area contributed by atoms with E-state index in [1.54, 1.807) is 6.07 Å². The maximum absolute atomic E-state index is 10.1. The van der Waals surface area contributed by atoms with E-state index in [-0.39, 0.29) is 0 Å². The maximum Gasteiger partial charge on any atom is 0.123 e. The molecule has 1 aliphatic rings. The van der Waals surface area contributed by atoms with Crippen molar-refractivity contribution in [3.05, 3.63) is 59.2 Å². The van der Waals surface area contributed by atoms with Crippen LogP contribution < -0.4 is 10.1 Å². The number of nitrogens with one attached hydrogen (secondary N) is 1. The summed E-state index contributed by atoms with van der Waals surface area (Å²) in [6.45, 7) is 2.48. The molecule has 0 atom stereocenters. The molecule has 0 fully saturated rings. The standard InChI is InChI=1S/C18H21NO2/c20-17-8-9-18-16(7-4-12-21-18)15(17)10-11-19-13-14-5-2-1-3-6-14/h1-3,5-6,8-9,19-20H,4,7,10-13H2. The molecule has 2 aromatic rings. The van der Waals surface area contributed by atoms with Crippen molar-refractivity contribution in [1.82, 2.24) is 5.32 Å². The monoisotopic (exact) mass is 283 g/mol. The van der Waals surface area contributed by atoms with E-state index in [1.165, 1.54) is 11.1 Å². The van der Waals surface area contributed by atoms with Crippen LogP contribution in [0.15, 0.2) is 42.5 Å². The van der Waals surface area contributed by atoms with Gasteiger partial charge in [-0.2, -0.15) is 0 Å². The third-order valence-electron chi connectivity index (χ3n) is 3.92. The summed E-state index contributed by atoms with van der Waals surface area (Å²) in [6, 6.07) is 14.0. The Labute approximate surface area is 125 Å². The molecule has 2 N–H and O–H groups in total. The molecule has 1 heterocycles. The summed E-state index contributed by atoms with van der Waals surface area (Å²) in [5.41, 5.74) is 3.50. The van der Waals surface area contributed by atoms with E-state index in [0.29, 0.717) is 5.75 Å². The van der Waals surface area contributed by atoms with Crippen LogP contribution >= 0.6 is 0 Å². The molecule has 1 aliphatic heterocycles. The summed E-state index contributed by atoms with van der Waals surface area (Å²) in [5.74, 6) is 1.33. The number of phenolic OH excluding ortho intramolecular Hbond substituents is 1. The first-order valence-corrected chi connectivity index (χ1v) is 7.56. The van der Waals surface area contributed by atoms with Gasteiger partial charge in [0, 0.05) is 17.7 Å². The van der Waals surface area contributed by atoms with Gasteiger partial charge in [0.15, 0.2) is 0 Å². The number of ether oxygens (including phenoxy) is 1. The molecule has 110 valence electrons. The number of phenols is 1. The second-order valence-corrected chi connectivity index (χ2v) is 5.40. The minimum atomic E-state index is 0.390. The van der Waals surface area contributed by atoms with Crippen molar-refractivity contribution in [2.45, 2.75) is 25.8 Å². The first-order valence-electron chi connectivity index (χ1n) is 7.56. The average Bonchev–Trinajstić information content (AvgIpc) is 2.54. The zero-order valence-electron chi connectivity index (χ0n) is 12.1. The molecule has 0 saturated carbocycles. The lowest BCUT2D eigenvalue weighted by atomic mass is 9.97. The summed E-state index contributed by atoms with van der Waals surface area (Å²) in [7, 11) is 0. The van der Waals surface area contributed by atoms with Gasteiger partial charge in [-0.05, 0) is 43.5 Å². The molecule has 0 amide bonds. The molecule has 0 unspecified atom stereocenters. The van der Waals surface area contributed by atoms with Gasteiger partial charge in [-0.3, -0.25) is 0 Å².